The monoisotopic (exact) mass is 165 g/mol. The van der Waals surface area contributed by atoms with Crippen LogP contribution in [0, 0.1) is 0 Å². The number of rotatable bonds is 3. The van der Waals surface area contributed by atoms with Crippen molar-refractivity contribution < 1.29 is 9.21 Å². The molecule has 3 nitrogen and oxygen atoms in total. The minimum Gasteiger partial charge on any atom is -0.439 e. The third kappa shape index (κ3) is 1.15. The summed E-state index contributed by atoms with van der Waals surface area (Å²) < 4.78 is 5.24. The first-order valence-electron chi connectivity index (χ1n) is 4.30. The van der Waals surface area contributed by atoms with E-state index in [4.69, 9.17) is 4.42 Å². The quantitative estimate of drug-likeness (QED) is 0.642. The van der Waals surface area contributed by atoms with Crippen LogP contribution in [0.5, 0.6) is 0 Å². The van der Waals surface area contributed by atoms with Gasteiger partial charge in [-0.15, -0.1) is 0 Å². The van der Waals surface area contributed by atoms with E-state index in [-0.39, 0.29) is 5.89 Å². The number of hydrogen-bond donors (Lipinski definition) is 0. The molecular weight excluding hydrogens is 154 g/mol. The van der Waals surface area contributed by atoms with Gasteiger partial charge in [0.15, 0.2) is 0 Å². The fraction of sp³-hybridized carbons (Fsp3) is 0.556. The molecule has 2 rings (SSSR count). The lowest BCUT2D eigenvalue weighted by atomic mass is 10.2. The van der Waals surface area contributed by atoms with E-state index in [0.717, 1.165) is 17.9 Å². The topological polar surface area (TPSA) is 43.1 Å². The number of carbonyl (C=O) groups is 1. The number of aldehydes is 1. The largest absolute Gasteiger partial charge is 0.439 e. The third-order valence-electron chi connectivity index (χ3n) is 2.13. The summed E-state index contributed by atoms with van der Waals surface area (Å²) in [6.07, 6.45) is 3.88. The molecule has 0 atom stereocenters. The Morgan fingerprint density at radius 1 is 1.67 bits per heavy atom. The molecule has 3 heteroatoms. The van der Waals surface area contributed by atoms with Crippen LogP contribution in [-0.4, -0.2) is 11.3 Å². The first-order valence-corrected chi connectivity index (χ1v) is 4.30. The Morgan fingerprint density at radius 3 is 2.92 bits per heavy atom. The lowest BCUT2D eigenvalue weighted by Gasteiger charge is -1.91. The third-order valence-corrected chi connectivity index (χ3v) is 2.13. The second kappa shape index (κ2) is 2.73. The summed E-state index contributed by atoms with van der Waals surface area (Å²) in [5.74, 6) is 1.69. The Kier molecular flexibility index (Phi) is 1.71. The lowest BCUT2D eigenvalue weighted by Crippen LogP contribution is -1.86. The zero-order valence-corrected chi connectivity index (χ0v) is 7.04. The molecule has 1 aromatic heterocycles. The smallest absolute Gasteiger partial charge is 0.260 e. The summed E-state index contributed by atoms with van der Waals surface area (Å²) in [7, 11) is 0. The first-order chi connectivity index (χ1) is 5.85. The summed E-state index contributed by atoms with van der Waals surface area (Å²) in [5.41, 5.74) is 1.01. The second-order valence-corrected chi connectivity index (χ2v) is 3.11. The first kappa shape index (κ1) is 7.53. The maximum atomic E-state index is 10.4. The van der Waals surface area contributed by atoms with Crippen LogP contribution < -0.4 is 0 Å². The van der Waals surface area contributed by atoms with Gasteiger partial charge in [0.1, 0.15) is 5.76 Å². The van der Waals surface area contributed by atoms with Gasteiger partial charge in [-0.25, -0.2) is 4.98 Å². The van der Waals surface area contributed by atoms with Gasteiger partial charge in [0.05, 0.1) is 5.69 Å². The van der Waals surface area contributed by atoms with Gasteiger partial charge in [0.25, 0.3) is 5.89 Å². The summed E-state index contributed by atoms with van der Waals surface area (Å²) in [5, 5.41) is 0. The van der Waals surface area contributed by atoms with Gasteiger partial charge >= 0.3 is 0 Å². The average Bonchev–Trinajstić information content (AvgIpc) is 2.85. The molecule has 0 aromatic carbocycles. The Morgan fingerprint density at radius 2 is 2.42 bits per heavy atom. The van der Waals surface area contributed by atoms with Crippen LogP contribution in [0.1, 0.15) is 47.8 Å². The normalized spacial score (nSPS) is 16.4. The molecule has 64 valence electrons. The Bertz CT molecular complexity index is 299. The van der Waals surface area contributed by atoms with Crippen molar-refractivity contribution in [3.63, 3.8) is 0 Å². The molecule has 1 aromatic rings. The Balaban J connectivity index is 2.35. The van der Waals surface area contributed by atoms with Gasteiger partial charge in [-0.2, -0.15) is 0 Å². The van der Waals surface area contributed by atoms with Gasteiger partial charge in [0.2, 0.25) is 6.29 Å². The van der Waals surface area contributed by atoms with Gasteiger partial charge in [0, 0.05) is 12.3 Å². The predicted molar refractivity (Wildman–Crippen MR) is 43.2 cm³/mol. The number of hydrogen-bond acceptors (Lipinski definition) is 3. The highest BCUT2D eigenvalue weighted by molar-refractivity contribution is 5.67. The highest BCUT2D eigenvalue weighted by Crippen LogP contribution is 2.41. The van der Waals surface area contributed by atoms with Gasteiger partial charge in [-0.05, 0) is 12.8 Å². The van der Waals surface area contributed by atoms with Crippen molar-refractivity contribution in [3.05, 3.63) is 17.3 Å². The summed E-state index contributed by atoms with van der Waals surface area (Å²) in [6, 6.07) is 0. The molecule has 0 saturated heterocycles. The van der Waals surface area contributed by atoms with Crippen molar-refractivity contribution in [2.75, 3.05) is 0 Å². The molecular formula is C9H11NO2. The lowest BCUT2D eigenvalue weighted by molar-refractivity contribution is 0.109. The maximum absolute atomic E-state index is 10.4. The second-order valence-electron chi connectivity index (χ2n) is 3.11. The van der Waals surface area contributed by atoms with Crippen molar-refractivity contribution in [3.8, 4) is 0 Å². The van der Waals surface area contributed by atoms with Crippen molar-refractivity contribution in [2.24, 2.45) is 0 Å². The molecule has 1 heterocycles. The van der Waals surface area contributed by atoms with E-state index in [1.807, 2.05) is 6.92 Å². The molecule has 0 bridgehead atoms. The minimum atomic E-state index is 0.230. The fourth-order valence-corrected chi connectivity index (χ4v) is 1.36. The van der Waals surface area contributed by atoms with Crippen LogP contribution in [0.2, 0.25) is 0 Å². The van der Waals surface area contributed by atoms with Crippen molar-refractivity contribution in [1.29, 1.82) is 0 Å². The molecule has 1 aliphatic carbocycles. The van der Waals surface area contributed by atoms with Crippen LogP contribution in [0.15, 0.2) is 4.42 Å². The average molecular weight is 165 g/mol. The zero-order chi connectivity index (χ0) is 8.55. The number of oxazole rings is 1. The maximum Gasteiger partial charge on any atom is 0.260 e. The number of nitrogens with zero attached hydrogens (tertiary/aromatic N) is 1. The van der Waals surface area contributed by atoms with E-state index in [9.17, 15) is 4.79 Å². The molecule has 1 saturated carbocycles. The van der Waals surface area contributed by atoms with E-state index in [0.29, 0.717) is 12.2 Å². The van der Waals surface area contributed by atoms with Gasteiger partial charge in [-0.3, -0.25) is 4.79 Å². The molecule has 0 spiro atoms. The predicted octanol–water partition coefficient (Wildman–Crippen LogP) is 1.93. The molecule has 1 fully saturated rings. The molecule has 1 aliphatic rings. The summed E-state index contributed by atoms with van der Waals surface area (Å²) in [6.45, 7) is 2.01. The van der Waals surface area contributed by atoms with Gasteiger partial charge in [-0.1, -0.05) is 6.92 Å². The number of aromatic nitrogens is 1. The van der Waals surface area contributed by atoms with Crippen molar-refractivity contribution in [2.45, 2.75) is 32.1 Å². The van der Waals surface area contributed by atoms with E-state index < -0.39 is 0 Å². The Hall–Kier alpha value is -1.12. The van der Waals surface area contributed by atoms with Crippen molar-refractivity contribution >= 4 is 6.29 Å². The van der Waals surface area contributed by atoms with Crippen LogP contribution in [0.25, 0.3) is 0 Å². The Labute approximate surface area is 70.8 Å². The standard InChI is InChI=1S/C9H11NO2/c1-2-7-9(6-3-4-6)10-8(5-11)12-7/h5-6H,2-4H2,1H3. The highest BCUT2D eigenvalue weighted by Gasteiger charge is 2.29. The molecule has 0 amide bonds. The molecule has 0 N–H and O–H groups in total. The minimum absolute atomic E-state index is 0.230. The van der Waals surface area contributed by atoms with E-state index in [1.54, 1.807) is 0 Å². The number of carbonyl (C=O) groups excluding carboxylic acids is 1. The van der Waals surface area contributed by atoms with Crippen LogP contribution in [0.4, 0.5) is 0 Å². The SMILES string of the molecule is CCc1oc(C=O)nc1C1CC1. The molecule has 0 unspecified atom stereocenters. The fourth-order valence-electron chi connectivity index (χ4n) is 1.36. The van der Waals surface area contributed by atoms with E-state index in [2.05, 4.69) is 4.98 Å². The van der Waals surface area contributed by atoms with Crippen LogP contribution in [0.3, 0.4) is 0 Å². The van der Waals surface area contributed by atoms with E-state index >= 15 is 0 Å². The molecule has 0 aliphatic heterocycles. The zero-order valence-electron chi connectivity index (χ0n) is 7.04. The van der Waals surface area contributed by atoms with Gasteiger partial charge < -0.3 is 4.42 Å². The molecule has 0 radical (unpaired) electrons. The van der Waals surface area contributed by atoms with Crippen molar-refractivity contribution in [1.82, 2.24) is 4.98 Å². The molecule has 12 heavy (non-hydrogen) atoms. The summed E-state index contributed by atoms with van der Waals surface area (Å²) in [4.78, 5) is 14.5. The summed E-state index contributed by atoms with van der Waals surface area (Å²) >= 11 is 0. The number of aryl methyl sites for hydroxylation is 1. The van der Waals surface area contributed by atoms with Crippen LogP contribution in [-0.2, 0) is 6.42 Å². The van der Waals surface area contributed by atoms with Crippen LogP contribution >= 0.6 is 0 Å². The van der Waals surface area contributed by atoms with E-state index in [1.165, 1.54) is 12.8 Å². The highest BCUT2D eigenvalue weighted by atomic mass is 16.4.